The maximum Gasteiger partial charge on any atom is 0.303 e. The minimum absolute atomic E-state index is 0.179. The van der Waals surface area contributed by atoms with Gasteiger partial charge < -0.3 is 5.11 Å². The summed E-state index contributed by atoms with van der Waals surface area (Å²) in [4.78, 5) is 10.9. The summed E-state index contributed by atoms with van der Waals surface area (Å²) in [5, 5.41) is 9.24. The van der Waals surface area contributed by atoms with Crippen LogP contribution in [0.4, 0.5) is 0 Å². The first-order valence-electron chi connectivity index (χ1n) is 9.85. The number of benzene rings is 1. The van der Waals surface area contributed by atoms with Gasteiger partial charge in [0.1, 0.15) is 0 Å². The summed E-state index contributed by atoms with van der Waals surface area (Å²) < 4.78 is 28.5. The van der Waals surface area contributed by atoms with E-state index in [1.807, 2.05) is 6.08 Å². The van der Waals surface area contributed by atoms with Gasteiger partial charge in [-0.3, -0.25) is 4.79 Å². The van der Waals surface area contributed by atoms with Crippen molar-refractivity contribution in [3.63, 3.8) is 0 Å². The highest BCUT2D eigenvalue weighted by atomic mass is 35.5. The molecule has 2 rings (SSSR count). The summed E-state index contributed by atoms with van der Waals surface area (Å²) in [6.07, 6.45) is 10.0. The zero-order chi connectivity index (χ0) is 20.7. The van der Waals surface area contributed by atoms with E-state index in [4.69, 9.17) is 16.7 Å². The first-order chi connectivity index (χ1) is 13.2. The van der Waals surface area contributed by atoms with Gasteiger partial charge in [-0.2, -0.15) is 0 Å². The number of halogens is 1. The number of hydrogen-bond donors (Lipinski definition) is 2. The van der Waals surface area contributed by atoms with E-state index in [0.717, 1.165) is 32.1 Å². The Morgan fingerprint density at radius 3 is 2.54 bits per heavy atom. The average Bonchev–Trinajstić information content (AvgIpc) is 2.59. The van der Waals surface area contributed by atoms with Crippen molar-refractivity contribution in [2.45, 2.75) is 63.7 Å². The fraction of sp³-hybridized carbons (Fsp3) is 0.571. The molecule has 0 saturated heterocycles. The Bertz CT molecular complexity index is 797. The van der Waals surface area contributed by atoms with E-state index in [-0.39, 0.29) is 12.3 Å². The molecule has 0 heterocycles. The molecule has 0 bridgehead atoms. The molecule has 2 atom stereocenters. The largest absolute Gasteiger partial charge is 0.481 e. The maximum absolute atomic E-state index is 12.9. The van der Waals surface area contributed by atoms with Crippen LogP contribution in [-0.4, -0.2) is 26.0 Å². The minimum Gasteiger partial charge on any atom is -0.481 e. The summed E-state index contributed by atoms with van der Waals surface area (Å²) in [7, 11) is -3.60. The number of allylic oxidation sites excluding steroid dienone is 2. The van der Waals surface area contributed by atoms with Crippen molar-refractivity contribution in [2.24, 2.45) is 11.8 Å². The van der Waals surface area contributed by atoms with Crippen molar-refractivity contribution in [3.8, 4) is 0 Å². The smallest absolute Gasteiger partial charge is 0.303 e. The highest BCUT2D eigenvalue weighted by Crippen LogP contribution is 2.31. The Balaban J connectivity index is 2.00. The molecule has 1 aliphatic rings. The molecule has 156 valence electrons. The monoisotopic (exact) mass is 427 g/mol. The Labute approximate surface area is 173 Å². The van der Waals surface area contributed by atoms with E-state index in [2.05, 4.69) is 10.8 Å². The molecular weight excluding hydrogens is 398 g/mol. The number of aryl methyl sites for hydroxylation is 2. The molecule has 1 saturated carbocycles. The third-order valence-corrected chi connectivity index (χ3v) is 7.29. The molecule has 1 aromatic carbocycles. The number of carboxylic acids is 1. The lowest BCUT2D eigenvalue weighted by Gasteiger charge is -2.29. The summed E-state index contributed by atoms with van der Waals surface area (Å²) in [6.45, 7) is 3.93. The van der Waals surface area contributed by atoms with Gasteiger partial charge in [-0.05, 0) is 74.6 Å². The van der Waals surface area contributed by atoms with Gasteiger partial charge in [-0.25, -0.2) is 13.1 Å². The third kappa shape index (κ3) is 6.61. The minimum atomic E-state index is -3.60. The molecule has 0 aliphatic heterocycles. The Kier molecular flexibility index (Phi) is 8.53. The van der Waals surface area contributed by atoms with Gasteiger partial charge in [0.05, 0.1) is 4.90 Å². The molecule has 0 aromatic heterocycles. The van der Waals surface area contributed by atoms with Gasteiger partial charge in [-0.15, -0.1) is 0 Å². The molecule has 0 unspecified atom stereocenters. The first kappa shape index (κ1) is 22.9. The lowest BCUT2D eigenvalue weighted by Crippen LogP contribution is -2.34. The lowest BCUT2D eigenvalue weighted by atomic mass is 9.79. The number of sulfonamides is 1. The van der Waals surface area contributed by atoms with Crippen molar-refractivity contribution in [2.75, 3.05) is 6.54 Å². The van der Waals surface area contributed by atoms with Crippen LogP contribution in [0.3, 0.4) is 0 Å². The molecule has 7 heteroatoms. The van der Waals surface area contributed by atoms with Crippen LogP contribution in [-0.2, 0) is 14.8 Å². The van der Waals surface area contributed by atoms with Crippen molar-refractivity contribution < 1.29 is 18.3 Å². The van der Waals surface area contributed by atoms with E-state index in [1.165, 1.54) is 0 Å². The van der Waals surface area contributed by atoms with E-state index in [9.17, 15) is 13.2 Å². The van der Waals surface area contributed by atoms with Crippen LogP contribution < -0.4 is 4.72 Å². The summed E-state index contributed by atoms with van der Waals surface area (Å²) >= 11 is 6.02. The van der Waals surface area contributed by atoms with E-state index >= 15 is 0 Å². The molecule has 1 aromatic rings. The molecule has 1 aliphatic carbocycles. The van der Waals surface area contributed by atoms with Gasteiger partial charge in [0, 0.05) is 18.0 Å². The van der Waals surface area contributed by atoms with E-state index in [0.29, 0.717) is 39.9 Å². The van der Waals surface area contributed by atoms with Crippen LogP contribution in [0.2, 0.25) is 5.02 Å². The van der Waals surface area contributed by atoms with Gasteiger partial charge in [-0.1, -0.05) is 36.6 Å². The van der Waals surface area contributed by atoms with Gasteiger partial charge in [0.15, 0.2) is 0 Å². The third-order valence-electron chi connectivity index (χ3n) is 5.34. The van der Waals surface area contributed by atoms with Crippen LogP contribution in [0.5, 0.6) is 0 Å². The fourth-order valence-corrected chi connectivity index (χ4v) is 5.87. The molecule has 5 nitrogen and oxygen atoms in total. The number of rotatable bonds is 9. The normalized spacial score (nSPS) is 20.5. The van der Waals surface area contributed by atoms with Crippen molar-refractivity contribution >= 4 is 27.6 Å². The second-order valence-corrected chi connectivity index (χ2v) is 9.78. The molecule has 0 spiro atoms. The number of unbranched alkanes of at least 4 members (excludes halogenated alkanes) is 1. The van der Waals surface area contributed by atoms with Crippen LogP contribution in [0.15, 0.2) is 29.2 Å². The molecule has 2 N–H and O–H groups in total. The van der Waals surface area contributed by atoms with Crippen LogP contribution in [0.25, 0.3) is 0 Å². The fourth-order valence-electron chi connectivity index (χ4n) is 4.00. The Morgan fingerprint density at radius 1 is 1.25 bits per heavy atom. The van der Waals surface area contributed by atoms with Gasteiger partial charge in [0.2, 0.25) is 10.0 Å². The summed E-state index contributed by atoms with van der Waals surface area (Å²) in [5.41, 5.74) is 1.30. The van der Waals surface area contributed by atoms with E-state index < -0.39 is 16.0 Å². The molecule has 28 heavy (non-hydrogen) atoms. The van der Waals surface area contributed by atoms with Gasteiger partial charge >= 0.3 is 5.97 Å². The molecule has 0 radical (unpaired) electrons. The number of aliphatic carboxylic acids is 1. The Hall–Kier alpha value is -1.37. The number of carboxylic acid groups (broad SMARTS) is 1. The predicted octanol–water partition coefficient (Wildman–Crippen LogP) is 4.85. The molecule has 0 amide bonds. The zero-order valence-corrected chi connectivity index (χ0v) is 18.2. The van der Waals surface area contributed by atoms with Crippen LogP contribution in [0.1, 0.15) is 56.1 Å². The number of hydrogen-bond acceptors (Lipinski definition) is 3. The van der Waals surface area contributed by atoms with Crippen molar-refractivity contribution in [1.82, 2.24) is 4.72 Å². The average molecular weight is 428 g/mol. The van der Waals surface area contributed by atoms with E-state index in [1.54, 1.807) is 26.0 Å². The topological polar surface area (TPSA) is 83.5 Å². The summed E-state index contributed by atoms with van der Waals surface area (Å²) in [6, 6.07) is 3.35. The van der Waals surface area contributed by atoms with Crippen LogP contribution >= 0.6 is 11.6 Å². The molecule has 1 fully saturated rings. The highest BCUT2D eigenvalue weighted by Gasteiger charge is 2.26. The zero-order valence-electron chi connectivity index (χ0n) is 16.6. The molecular formula is C21H30ClNO4S. The predicted molar refractivity (Wildman–Crippen MR) is 112 cm³/mol. The Morgan fingerprint density at radius 2 is 1.89 bits per heavy atom. The number of carbonyl (C=O) groups is 1. The standard InChI is InChI=1S/C21H30ClNO4S/c1-15-12-19(22)13-16(2)21(15)28(26,27)23-14-18-10-7-6-9-17(18)8-4-3-5-11-20(24)25/h4,8,12-13,17-18,23H,3,5-7,9-11,14H2,1-2H3,(H,24,25)/b8-4-/t17-,18+/m0/s1. The second kappa shape index (κ2) is 10.4. The van der Waals surface area contributed by atoms with Gasteiger partial charge in [0.25, 0.3) is 0 Å². The SMILES string of the molecule is Cc1cc(Cl)cc(C)c1S(=O)(=O)NC[C@H]1CCCC[C@@H]1/C=C\CCCC(=O)O. The quantitative estimate of drug-likeness (QED) is 0.435. The lowest BCUT2D eigenvalue weighted by molar-refractivity contribution is -0.137. The number of nitrogens with one attached hydrogen (secondary N) is 1. The second-order valence-electron chi connectivity index (χ2n) is 7.64. The van der Waals surface area contributed by atoms with Crippen molar-refractivity contribution in [1.29, 1.82) is 0 Å². The first-order valence-corrected chi connectivity index (χ1v) is 11.7. The highest BCUT2D eigenvalue weighted by molar-refractivity contribution is 7.89. The van der Waals surface area contributed by atoms with Crippen LogP contribution in [0, 0.1) is 25.7 Å². The maximum atomic E-state index is 12.9. The summed E-state index contributed by atoms with van der Waals surface area (Å²) in [5.74, 6) is -0.188. The van der Waals surface area contributed by atoms with Crippen molar-refractivity contribution in [3.05, 3.63) is 40.4 Å².